The van der Waals surface area contributed by atoms with Crippen LogP contribution in [0.4, 0.5) is 0 Å². The maximum Gasteiger partial charge on any atom is 0.316 e. The monoisotopic (exact) mass is 290 g/mol. The third kappa shape index (κ3) is 2.20. The number of fused-ring (bicyclic) bond motifs is 1. The summed E-state index contributed by atoms with van der Waals surface area (Å²) in [4.78, 5) is 16.5. The lowest BCUT2D eigenvalue weighted by atomic mass is 9.99. The van der Waals surface area contributed by atoms with Crippen LogP contribution in [-0.4, -0.2) is 22.6 Å². The molecule has 1 aliphatic heterocycles. The fourth-order valence-electron chi connectivity index (χ4n) is 2.65. The minimum atomic E-state index is -0.273. The fourth-order valence-corrected chi connectivity index (χ4v) is 2.88. The first-order valence-corrected chi connectivity index (χ1v) is 6.98. The number of nitrogens with zero attached hydrogens (tertiary/aromatic N) is 2. The van der Waals surface area contributed by atoms with Gasteiger partial charge in [0.2, 0.25) is 0 Å². The Morgan fingerprint density at radius 2 is 2.25 bits per heavy atom. The number of carbonyl (C=O) groups is 1. The normalized spacial score (nSPS) is 17.6. The molecule has 20 heavy (non-hydrogen) atoms. The van der Waals surface area contributed by atoms with Crippen molar-refractivity contribution < 1.29 is 9.53 Å². The first-order valence-electron chi connectivity index (χ1n) is 6.60. The molecule has 1 atom stereocenters. The summed E-state index contributed by atoms with van der Waals surface area (Å²) in [6.07, 6.45) is 3.70. The molecule has 0 saturated heterocycles. The highest BCUT2D eigenvalue weighted by Crippen LogP contribution is 2.32. The van der Waals surface area contributed by atoms with Crippen LogP contribution in [-0.2, 0) is 16.1 Å². The van der Waals surface area contributed by atoms with Crippen LogP contribution < -0.4 is 0 Å². The van der Waals surface area contributed by atoms with Gasteiger partial charge in [-0.3, -0.25) is 4.79 Å². The van der Waals surface area contributed by atoms with Gasteiger partial charge in [0, 0.05) is 18.3 Å². The second kappa shape index (κ2) is 5.29. The summed E-state index contributed by atoms with van der Waals surface area (Å²) in [5, 5.41) is 0.664. The van der Waals surface area contributed by atoms with Gasteiger partial charge in [0.25, 0.3) is 0 Å². The number of methoxy groups -OCH3 is 1. The zero-order valence-corrected chi connectivity index (χ0v) is 11.9. The van der Waals surface area contributed by atoms with Gasteiger partial charge < -0.3 is 9.30 Å². The summed E-state index contributed by atoms with van der Waals surface area (Å²) in [7, 11) is 1.42. The van der Waals surface area contributed by atoms with E-state index in [1.165, 1.54) is 7.11 Å². The van der Waals surface area contributed by atoms with Gasteiger partial charge in [-0.15, -0.1) is 0 Å². The average molecular weight is 291 g/mol. The zero-order chi connectivity index (χ0) is 14.1. The number of imidazole rings is 1. The first-order chi connectivity index (χ1) is 9.70. The van der Waals surface area contributed by atoms with Crippen molar-refractivity contribution in [2.75, 3.05) is 7.11 Å². The van der Waals surface area contributed by atoms with E-state index >= 15 is 0 Å². The molecule has 0 saturated carbocycles. The second-order valence-electron chi connectivity index (χ2n) is 4.88. The quantitative estimate of drug-likeness (QED) is 0.798. The Bertz CT molecular complexity index is 651. The van der Waals surface area contributed by atoms with E-state index in [9.17, 15) is 4.79 Å². The van der Waals surface area contributed by atoms with Crippen LogP contribution >= 0.6 is 11.6 Å². The van der Waals surface area contributed by atoms with Crippen molar-refractivity contribution in [1.82, 2.24) is 9.55 Å². The molecule has 0 spiro atoms. The molecule has 0 bridgehead atoms. The Hall–Kier alpha value is -1.81. The summed E-state index contributed by atoms with van der Waals surface area (Å²) in [5.41, 5.74) is 1.70. The summed E-state index contributed by atoms with van der Waals surface area (Å²) in [6, 6.07) is 7.59. The highest BCUT2D eigenvalue weighted by atomic mass is 35.5. The smallest absolute Gasteiger partial charge is 0.316 e. The van der Waals surface area contributed by atoms with Gasteiger partial charge in [-0.05, 0) is 18.9 Å². The van der Waals surface area contributed by atoms with Crippen molar-refractivity contribution in [3.8, 4) is 11.3 Å². The van der Waals surface area contributed by atoms with E-state index in [1.54, 1.807) is 0 Å². The Morgan fingerprint density at radius 3 is 3.00 bits per heavy atom. The highest BCUT2D eigenvalue weighted by Gasteiger charge is 2.30. The molecule has 104 valence electrons. The highest BCUT2D eigenvalue weighted by molar-refractivity contribution is 6.33. The first kappa shape index (κ1) is 13.2. The fraction of sp³-hybridized carbons (Fsp3) is 0.333. The SMILES string of the molecule is COC(=O)C1CCCn2cc(-c3ccccc3Cl)nc21. The molecular formula is C15H15ClN2O2. The molecule has 1 aliphatic rings. The van der Waals surface area contributed by atoms with Crippen LogP contribution in [0.1, 0.15) is 24.6 Å². The number of hydrogen-bond donors (Lipinski definition) is 0. The van der Waals surface area contributed by atoms with Crippen LogP contribution in [0.5, 0.6) is 0 Å². The Kier molecular flexibility index (Phi) is 3.49. The zero-order valence-electron chi connectivity index (χ0n) is 11.2. The standard InChI is InChI=1S/C15H15ClN2O2/c1-20-15(19)11-6-4-8-18-9-13(17-14(11)18)10-5-2-3-7-12(10)16/h2-3,5,7,9,11H,4,6,8H2,1H3. The van der Waals surface area contributed by atoms with E-state index in [1.807, 2.05) is 35.0 Å². The van der Waals surface area contributed by atoms with Crippen molar-refractivity contribution >= 4 is 17.6 Å². The third-order valence-corrected chi connectivity index (χ3v) is 3.98. The molecular weight excluding hydrogens is 276 g/mol. The van der Waals surface area contributed by atoms with Gasteiger partial charge >= 0.3 is 5.97 Å². The van der Waals surface area contributed by atoms with Crippen molar-refractivity contribution in [2.24, 2.45) is 0 Å². The number of halogens is 1. The number of aryl methyl sites for hydroxylation is 1. The molecule has 0 radical (unpaired) electrons. The minimum absolute atomic E-state index is 0.220. The largest absolute Gasteiger partial charge is 0.468 e. The van der Waals surface area contributed by atoms with E-state index in [0.717, 1.165) is 36.5 Å². The molecule has 3 rings (SSSR count). The van der Waals surface area contributed by atoms with Crippen LogP contribution in [0.3, 0.4) is 0 Å². The van der Waals surface area contributed by atoms with Gasteiger partial charge in [-0.1, -0.05) is 29.8 Å². The number of esters is 1. The molecule has 0 fully saturated rings. The average Bonchev–Trinajstić information content (AvgIpc) is 2.90. The molecule has 0 aliphatic carbocycles. The lowest BCUT2D eigenvalue weighted by Gasteiger charge is -2.20. The van der Waals surface area contributed by atoms with E-state index in [4.69, 9.17) is 16.3 Å². The maximum absolute atomic E-state index is 11.8. The van der Waals surface area contributed by atoms with Crippen LogP contribution in [0.2, 0.25) is 5.02 Å². The van der Waals surface area contributed by atoms with Gasteiger partial charge in [0.15, 0.2) is 0 Å². The van der Waals surface area contributed by atoms with Gasteiger partial charge in [0.1, 0.15) is 11.7 Å². The summed E-state index contributed by atoms with van der Waals surface area (Å²) >= 11 is 6.21. The van der Waals surface area contributed by atoms with Gasteiger partial charge in [-0.2, -0.15) is 0 Å². The lowest BCUT2D eigenvalue weighted by Crippen LogP contribution is -2.23. The van der Waals surface area contributed by atoms with E-state index < -0.39 is 0 Å². The minimum Gasteiger partial charge on any atom is -0.468 e. The van der Waals surface area contributed by atoms with Crippen molar-refractivity contribution in [2.45, 2.75) is 25.3 Å². The van der Waals surface area contributed by atoms with Crippen molar-refractivity contribution in [3.63, 3.8) is 0 Å². The topological polar surface area (TPSA) is 44.1 Å². The summed E-state index contributed by atoms with van der Waals surface area (Å²) < 4.78 is 6.90. The molecule has 0 amide bonds. The Morgan fingerprint density at radius 1 is 1.45 bits per heavy atom. The molecule has 2 heterocycles. The summed E-state index contributed by atoms with van der Waals surface area (Å²) in [5.74, 6) is 0.283. The predicted molar refractivity (Wildman–Crippen MR) is 76.7 cm³/mol. The number of ether oxygens (including phenoxy) is 1. The van der Waals surface area contributed by atoms with Crippen LogP contribution in [0, 0.1) is 0 Å². The van der Waals surface area contributed by atoms with Gasteiger partial charge in [0.05, 0.1) is 17.8 Å². The molecule has 0 N–H and O–H groups in total. The Balaban J connectivity index is 2.04. The van der Waals surface area contributed by atoms with Crippen LogP contribution in [0.25, 0.3) is 11.3 Å². The second-order valence-corrected chi connectivity index (χ2v) is 5.28. The molecule has 1 aromatic heterocycles. The van der Waals surface area contributed by atoms with E-state index in [0.29, 0.717) is 5.02 Å². The number of hydrogen-bond acceptors (Lipinski definition) is 3. The van der Waals surface area contributed by atoms with Crippen molar-refractivity contribution in [3.05, 3.63) is 41.3 Å². The number of aromatic nitrogens is 2. The molecule has 5 heteroatoms. The number of benzene rings is 1. The number of carbonyl (C=O) groups excluding carboxylic acids is 1. The molecule has 2 aromatic rings. The lowest BCUT2D eigenvalue weighted by molar-refractivity contribution is -0.143. The third-order valence-electron chi connectivity index (χ3n) is 3.65. The summed E-state index contributed by atoms with van der Waals surface area (Å²) in [6.45, 7) is 0.875. The van der Waals surface area contributed by atoms with Crippen LogP contribution in [0.15, 0.2) is 30.5 Å². The predicted octanol–water partition coefficient (Wildman–Crippen LogP) is 3.25. The van der Waals surface area contributed by atoms with Gasteiger partial charge in [-0.25, -0.2) is 4.98 Å². The Labute approximate surface area is 122 Å². The van der Waals surface area contributed by atoms with E-state index in [-0.39, 0.29) is 11.9 Å². The molecule has 4 nitrogen and oxygen atoms in total. The van der Waals surface area contributed by atoms with Crippen molar-refractivity contribution in [1.29, 1.82) is 0 Å². The maximum atomic E-state index is 11.8. The number of rotatable bonds is 2. The molecule has 1 unspecified atom stereocenters. The molecule has 1 aromatic carbocycles. The van der Waals surface area contributed by atoms with E-state index in [2.05, 4.69) is 4.98 Å².